The van der Waals surface area contributed by atoms with Gasteiger partial charge in [-0.1, -0.05) is 6.92 Å². The van der Waals surface area contributed by atoms with Gasteiger partial charge in [-0.15, -0.1) is 11.3 Å². The first kappa shape index (κ1) is 20.2. The van der Waals surface area contributed by atoms with E-state index in [2.05, 4.69) is 4.72 Å². The standard InChI is InChI=1S/C18H21N3O5S2/c1-3-12-10-13(17(19)23)18(27-12)20-28(24,25)15-9-11(6-7-14(15)26-2)21-8-4-5-16(21)22/h6-7,9-10,20H,3-5,8H2,1-2H3,(H2,19,23). The Morgan fingerprint density at radius 3 is 2.68 bits per heavy atom. The number of amides is 2. The number of carbonyl (C=O) groups is 2. The molecule has 1 aliphatic heterocycles. The van der Waals surface area contributed by atoms with E-state index in [1.807, 2.05) is 6.92 Å². The van der Waals surface area contributed by atoms with Crippen molar-refractivity contribution in [2.24, 2.45) is 5.73 Å². The number of thiophene rings is 1. The minimum absolute atomic E-state index is 0.0525. The van der Waals surface area contributed by atoms with Gasteiger partial charge in [0.1, 0.15) is 15.6 Å². The minimum Gasteiger partial charge on any atom is -0.495 e. The summed E-state index contributed by atoms with van der Waals surface area (Å²) >= 11 is 1.16. The number of primary amides is 1. The van der Waals surface area contributed by atoms with Crippen molar-refractivity contribution in [2.75, 3.05) is 23.3 Å². The SMILES string of the molecule is CCc1cc(C(N)=O)c(NS(=O)(=O)c2cc(N3CCCC3=O)ccc2OC)s1. The number of hydrogen-bond acceptors (Lipinski definition) is 6. The summed E-state index contributed by atoms with van der Waals surface area (Å²) in [5.41, 5.74) is 5.99. The number of hydrogen-bond donors (Lipinski definition) is 2. The first-order chi connectivity index (χ1) is 13.3. The lowest BCUT2D eigenvalue weighted by Crippen LogP contribution is -2.24. The van der Waals surface area contributed by atoms with Crippen LogP contribution in [0.4, 0.5) is 10.7 Å². The Hall–Kier alpha value is -2.59. The van der Waals surface area contributed by atoms with Crippen molar-refractivity contribution in [3.63, 3.8) is 0 Å². The molecule has 0 spiro atoms. The molecule has 1 aromatic carbocycles. The summed E-state index contributed by atoms with van der Waals surface area (Å²) in [6.45, 7) is 2.43. The van der Waals surface area contributed by atoms with Gasteiger partial charge in [-0.3, -0.25) is 14.3 Å². The molecule has 3 rings (SSSR count). The molecule has 1 aromatic heterocycles. The molecule has 0 aliphatic carbocycles. The maximum Gasteiger partial charge on any atom is 0.266 e. The summed E-state index contributed by atoms with van der Waals surface area (Å²) in [7, 11) is -2.72. The van der Waals surface area contributed by atoms with Gasteiger partial charge >= 0.3 is 0 Å². The van der Waals surface area contributed by atoms with Gasteiger partial charge < -0.3 is 15.4 Å². The van der Waals surface area contributed by atoms with Crippen molar-refractivity contribution >= 4 is 43.9 Å². The molecule has 10 heteroatoms. The zero-order valence-corrected chi connectivity index (χ0v) is 17.2. The van der Waals surface area contributed by atoms with Crippen LogP contribution in [0.15, 0.2) is 29.2 Å². The van der Waals surface area contributed by atoms with Crippen LogP contribution in [0.25, 0.3) is 0 Å². The van der Waals surface area contributed by atoms with Crippen LogP contribution < -0.4 is 20.1 Å². The van der Waals surface area contributed by atoms with E-state index in [1.165, 1.54) is 19.2 Å². The van der Waals surface area contributed by atoms with E-state index in [4.69, 9.17) is 10.5 Å². The van der Waals surface area contributed by atoms with Crippen LogP contribution in [0.1, 0.15) is 35.0 Å². The fourth-order valence-electron chi connectivity index (χ4n) is 3.02. The number of nitrogens with two attached hydrogens (primary N) is 1. The average molecular weight is 424 g/mol. The van der Waals surface area contributed by atoms with Crippen LogP contribution in [-0.4, -0.2) is 33.9 Å². The number of benzene rings is 1. The monoisotopic (exact) mass is 423 g/mol. The van der Waals surface area contributed by atoms with Crippen molar-refractivity contribution in [2.45, 2.75) is 31.1 Å². The molecule has 3 N–H and O–H groups in total. The quantitative estimate of drug-likeness (QED) is 0.708. The van der Waals surface area contributed by atoms with Crippen LogP contribution in [-0.2, 0) is 21.2 Å². The lowest BCUT2D eigenvalue weighted by atomic mass is 10.2. The molecular weight excluding hydrogens is 402 g/mol. The number of nitrogens with one attached hydrogen (secondary N) is 1. The molecule has 1 saturated heterocycles. The van der Waals surface area contributed by atoms with Crippen LogP contribution in [0.2, 0.25) is 0 Å². The summed E-state index contributed by atoms with van der Waals surface area (Å²) in [5.74, 6) is -0.629. The van der Waals surface area contributed by atoms with Crippen molar-refractivity contribution in [3.05, 3.63) is 34.7 Å². The molecule has 2 amide bonds. The van der Waals surface area contributed by atoms with E-state index >= 15 is 0 Å². The third-order valence-corrected chi connectivity index (χ3v) is 7.14. The molecule has 8 nitrogen and oxygen atoms in total. The van der Waals surface area contributed by atoms with Crippen molar-refractivity contribution in [1.82, 2.24) is 0 Å². The molecule has 2 heterocycles. The Balaban J connectivity index is 2.02. The van der Waals surface area contributed by atoms with Gasteiger partial charge in [0.05, 0.1) is 12.7 Å². The van der Waals surface area contributed by atoms with Gasteiger partial charge in [0.15, 0.2) is 0 Å². The first-order valence-corrected chi connectivity index (χ1v) is 11.0. The van der Waals surface area contributed by atoms with E-state index in [-0.39, 0.29) is 27.1 Å². The second-order valence-electron chi connectivity index (χ2n) is 6.26. The number of ether oxygens (including phenoxy) is 1. The second-order valence-corrected chi connectivity index (χ2v) is 9.05. The van der Waals surface area contributed by atoms with E-state index in [0.29, 0.717) is 25.1 Å². The van der Waals surface area contributed by atoms with Gasteiger partial charge in [0, 0.05) is 23.5 Å². The lowest BCUT2D eigenvalue weighted by molar-refractivity contribution is -0.117. The van der Waals surface area contributed by atoms with Gasteiger partial charge in [-0.05, 0) is 37.1 Å². The minimum atomic E-state index is -4.09. The van der Waals surface area contributed by atoms with E-state index in [1.54, 1.807) is 17.0 Å². The maximum absolute atomic E-state index is 13.1. The molecule has 0 bridgehead atoms. The zero-order chi connectivity index (χ0) is 20.5. The maximum atomic E-state index is 13.1. The molecule has 0 atom stereocenters. The van der Waals surface area contributed by atoms with E-state index in [9.17, 15) is 18.0 Å². The highest BCUT2D eigenvalue weighted by Crippen LogP contribution is 2.35. The molecule has 0 radical (unpaired) electrons. The Labute approximate surface area is 167 Å². The van der Waals surface area contributed by atoms with Gasteiger partial charge in [-0.25, -0.2) is 8.42 Å². The third-order valence-electron chi connectivity index (χ3n) is 4.45. The molecule has 1 fully saturated rings. The van der Waals surface area contributed by atoms with Gasteiger partial charge in [0.2, 0.25) is 5.91 Å². The molecule has 1 aliphatic rings. The molecule has 0 unspecified atom stereocenters. The highest BCUT2D eigenvalue weighted by atomic mass is 32.2. The second kappa shape index (κ2) is 7.80. The number of rotatable bonds is 7. The molecule has 150 valence electrons. The summed E-state index contributed by atoms with van der Waals surface area (Å²) < 4.78 is 33.8. The van der Waals surface area contributed by atoms with Crippen molar-refractivity contribution in [1.29, 1.82) is 0 Å². The number of anilines is 2. The Kier molecular flexibility index (Phi) is 5.61. The van der Waals surface area contributed by atoms with Gasteiger partial charge in [0.25, 0.3) is 15.9 Å². The smallest absolute Gasteiger partial charge is 0.266 e. The molecule has 0 saturated carbocycles. The fourth-order valence-corrected chi connectivity index (χ4v) is 5.52. The van der Waals surface area contributed by atoms with E-state index in [0.717, 1.165) is 22.6 Å². The largest absolute Gasteiger partial charge is 0.495 e. The summed E-state index contributed by atoms with van der Waals surface area (Å²) in [6.07, 6.45) is 1.80. The van der Waals surface area contributed by atoms with E-state index < -0.39 is 15.9 Å². The number of carbonyl (C=O) groups excluding carboxylic acids is 2. The number of sulfonamides is 1. The van der Waals surface area contributed by atoms with Crippen LogP contribution >= 0.6 is 11.3 Å². The van der Waals surface area contributed by atoms with Crippen molar-refractivity contribution < 1.29 is 22.7 Å². The Bertz CT molecular complexity index is 1030. The zero-order valence-electron chi connectivity index (χ0n) is 15.5. The first-order valence-electron chi connectivity index (χ1n) is 8.70. The summed E-state index contributed by atoms with van der Waals surface area (Å²) in [4.78, 5) is 26.0. The summed E-state index contributed by atoms with van der Waals surface area (Å²) in [6, 6.07) is 6.15. The van der Waals surface area contributed by atoms with Gasteiger partial charge in [-0.2, -0.15) is 0 Å². The number of aryl methyl sites for hydroxylation is 1. The Morgan fingerprint density at radius 1 is 1.36 bits per heavy atom. The number of nitrogens with zero attached hydrogens (tertiary/aromatic N) is 1. The highest BCUT2D eigenvalue weighted by Gasteiger charge is 2.27. The van der Waals surface area contributed by atoms with Crippen LogP contribution in [0.5, 0.6) is 5.75 Å². The van der Waals surface area contributed by atoms with Crippen molar-refractivity contribution in [3.8, 4) is 5.75 Å². The summed E-state index contributed by atoms with van der Waals surface area (Å²) in [5, 5.41) is 0.161. The normalized spacial score (nSPS) is 14.4. The topological polar surface area (TPSA) is 119 Å². The van der Waals surface area contributed by atoms with Crippen LogP contribution in [0.3, 0.4) is 0 Å². The predicted molar refractivity (Wildman–Crippen MR) is 108 cm³/mol. The Morgan fingerprint density at radius 2 is 2.11 bits per heavy atom. The molecule has 28 heavy (non-hydrogen) atoms. The third kappa shape index (κ3) is 3.83. The average Bonchev–Trinajstić information content (AvgIpc) is 3.26. The van der Waals surface area contributed by atoms with Crippen LogP contribution in [0, 0.1) is 0 Å². The predicted octanol–water partition coefficient (Wildman–Crippen LogP) is 2.35. The molecular formula is C18H21N3O5S2. The lowest BCUT2D eigenvalue weighted by Gasteiger charge is -2.18. The highest BCUT2D eigenvalue weighted by molar-refractivity contribution is 7.93. The number of methoxy groups -OCH3 is 1. The fraction of sp³-hybridized carbons (Fsp3) is 0.333. The molecule has 2 aromatic rings.